The van der Waals surface area contributed by atoms with Crippen LogP contribution >= 0.6 is 0 Å². The summed E-state index contributed by atoms with van der Waals surface area (Å²) in [6.45, 7) is 0. The van der Waals surface area contributed by atoms with Gasteiger partial charge >= 0.3 is 0 Å². The zero-order valence-electron chi connectivity index (χ0n) is 24.0. The van der Waals surface area contributed by atoms with E-state index in [2.05, 4.69) is 19.9 Å². The highest BCUT2D eigenvalue weighted by Crippen LogP contribution is 2.33. The predicted octanol–water partition coefficient (Wildman–Crippen LogP) is 7.49. The fourth-order valence-electron chi connectivity index (χ4n) is 5.41. The van der Waals surface area contributed by atoms with Gasteiger partial charge in [-0.2, -0.15) is 0 Å². The molecule has 1 aliphatic rings. The summed E-state index contributed by atoms with van der Waals surface area (Å²) in [4.78, 5) is 27.9. The van der Waals surface area contributed by atoms with Crippen LogP contribution < -0.4 is 9.47 Å². The molecule has 1 fully saturated rings. The van der Waals surface area contributed by atoms with Crippen LogP contribution in [-0.2, 0) is 0 Å². The number of pyridine rings is 6. The van der Waals surface area contributed by atoms with Crippen LogP contribution in [0.4, 0.5) is 0 Å². The zero-order chi connectivity index (χ0) is 29.6. The normalized spacial score (nSPS) is 16.3. The Morgan fingerprint density at radius 2 is 0.727 bits per heavy atom. The molecule has 0 N–H and O–H groups in total. The van der Waals surface area contributed by atoms with Gasteiger partial charge in [0.2, 0.25) is 0 Å². The van der Waals surface area contributed by atoms with Gasteiger partial charge in [0.05, 0.1) is 45.6 Å². The Labute approximate surface area is 255 Å². The van der Waals surface area contributed by atoms with Crippen molar-refractivity contribution in [2.45, 2.75) is 37.9 Å². The summed E-state index contributed by atoms with van der Waals surface area (Å²) in [5.74, 6) is 1.42. The van der Waals surface area contributed by atoms with E-state index in [1.807, 2.05) is 97.1 Å². The topological polar surface area (TPSA) is 95.8 Å². The fraction of sp³-hybridized carbons (Fsp3) is 0.167. The molecule has 0 amide bonds. The van der Waals surface area contributed by atoms with E-state index in [0.29, 0.717) is 11.5 Å². The Kier molecular flexibility index (Phi) is 7.95. The third-order valence-corrected chi connectivity index (χ3v) is 7.52. The molecule has 6 aromatic heterocycles. The second-order valence-electron chi connectivity index (χ2n) is 10.6. The van der Waals surface area contributed by atoms with Crippen LogP contribution in [0.3, 0.4) is 0 Å². The Balaban J connectivity index is 1.21. The molecule has 6 aromatic rings. The van der Waals surface area contributed by atoms with Gasteiger partial charge in [0, 0.05) is 49.1 Å². The van der Waals surface area contributed by atoms with E-state index in [0.717, 1.165) is 71.2 Å². The number of hydrogen-bond acceptors (Lipinski definition) is 8. The largest absolute Gasteiger partial charge is 0.486 e. The van der Waals surface area contributed by atoms with Gasteiger partial charge in [-0.1, -0.05) is 24.3 Å². The predicted molar refractivity (Wildman–Crippen MR) is 169 cm³/mol. The molecule has 0 spiro atoms. The van der Waals surface area contributed by atoms with Gasteiger partial charge in [0.25, 0.3) is 0 Å². The first-order chi connectivity index (χ1) is 21.8. The number of aromatic nitrogens is 6. The van der Waals surface area contributed by atoms with Gasteiger partial charge in [-0.05, 0) is 74.2 Å². The van der Waals surface area contributed by atoms with Crippen molar-refractivity contribution in [2.24, 2.45) is 0 Å². The minimum absolute atomic E-state index is 0.163. The van der Waals surface area contributed by atoms with Crippen LogP contribution in [0.2, 0.25) is 0 Å². The highest BCUT2D eigenvalue weighted by atomic mass is 16.5. The van der Waals surface area contributed by atoms with E-state index in [-0.39, 0.29) is 12.2 Å². The van der Waals surface area contributed by atoms with Crippen LogP contribution in [-0.4, -0.2) is 42.1 Å². The molecule has 0 bridgehead atoms. The molecule has 0 saturated heterocycles. The Morgan fingerprint density at radius 1 is 0.409 bits per heavy atom. The summed E-state index contributed by atoms with van der Waals surface area (Å²) in [6, 6.07) is 31.0. The van der Waals surface area contributed by atoms with E-state index in [1.54, 1.807) is 24.8 Å². The van der Waals surface area contributed by atoms with Gasteiger partial charge in [-0.25, -0.2) is 9.97 Å². The van der Waals surface area contributed by atoms with E-state index >= 15 is 0 Å². The van der Waals surface area contributed by atoms with E-state index in [9.17, 15) is 0 Å². The summed E-state index contributed by atoms with van der Waals surface area (Å²) < 4.78 is 13.5. The van der Waals surface area contributed by atoms with Crippen LogP contribution in [0.5, 0.6) is 11.5 Å². The van der Waals surface area contributed by atoms with Crippen molar-refractivity contribution in [3.8, 4) is 57.1 Å². The van der Waals surface area contributed by atoms with Gasteiger partial charge < -0.3 is 9.47 Å². The molecule has 216 valence electrons. The second kappa shape index (κ2) is 12.8. The monoisotopic (exact) mass is 578 g/mol. The smallest absolute Gasteiger partial charge is 0.135 e. The zero-order valence-corrected chi connectivity index (χ0v) is 24.0. The second-order valence-corrected chi connectivity index (χ2v) is 10.6. The third kappa shape index (κ3) is 6.29. The molecule has 8 heteroatoms. The molecule has 7 rings (SSSR count). The molecule has 1 aliphatic carbocycles. The Morgan fingerprint density at radius 3 is 1.00 bits per heavy atom. The lowest BCUT2D eigenvalue weighted by molar-refractivity contribution is 0.0232. The lowest BCUT2D eigenvalue weighted by Gasteiger charge is -2.32. The quantitative estimate of drug-likeness (QED) is 0.183. The van der Waals surface area contributed by atoms with Crippen molar-refractivity contribution in [2.75, 3.05) is 0 Å². The standard InChI is InChI=1S/C36H30N6O2/c1-2-16-36(44-26-23-33(29-13-5-9-19-39-29)42-34(24-26)30-14-6-10-20-40-30)35(15-1)43-25-21-31(27-11-3-7-17-37-27)41-32(22-25)28-12-4-8-18-38-28/h3-14,17-24,35-36H,1-2,15-16H2/t35-,36-/m1/s1. The fourth-order valence-corrected chi connectivity index (χ4v) is 5.41. The molecule has 44 heavy (non-hydrogen) atoms. The molecule has 0 aliphatic heterocycles. The van der Waals surface area contributed by atoms with Gasteiger partial charge in [0.15, 0.2) is 0 Å². The van der Waals surface area contributed by atoms with Crippen LogP contribution in [0.25, 0.3) is 45.6 Å². The molecule has 1 saturated carbocycles. The van der Waals surface area contributed by atoms with Gasteiger partial charge in [-0.15, -0.1) is 0 Å². The SMILES string of the molecule is c1ccc(-c2cc(O[C@@H]3CCCC[C@H]3Oc3cc(-c4ccccn4)nc(-c4ccccn4)c3)cc(-c3ccccn3)n2)nc1. The molecule has 8 nitrogen and oxygen atoms in total. The van der Waals surface area contributed by atoms with Crippen LogP contribution in [0.1, 0.15) is 25.7 Å². The lowest BCUT2D eigenvalue weighted by Crippen LogP contribution is -2.39. The maximum absolute atomic E-state index is 6.73. The van der Waals surface area contributed by atoms with E-state index in [4.69, 9.17) is 19.4 Å². The number of nitrogens with zero attached hydrogens (tertiary/aromatic N) is 6. The maximum Gasteiger partial charge on any atom is 0.135 e. The van der Waals surface area contributed by atoms with Gasteiger partial charge in [0.1, 0.15) is 23.7 Å². The molecule has 0 unspecified atom stereocenters. The average molecular weight is 579 g/mol. The lowest BCUT2D eigenvalue weighted by atomic mass is 9.94. The van der Waals surface area contributed by atoms with Crippen molar-refractivity contribution < 1.29 is 9.47 Å². The Bertz CT molecular complexity index is 1570. The van der Waals surface area contributed by atoms with Crippen LogP contribution in [0.15, 0.2) is 122 Å². The molecular formula is C36H30N6O2. The maximum atomic E-state index is 6.73. The van der Waals surface area contributed by atoms with Crippen molar-refractivity contribution in [3.63, 3.8) is 0 Å². The first-order valence-electron chi connectivity index (χ1n) is 14.8. The number of hydrogen-bond donors (Lipinski definition) is 0. The van der Waals surface area contributed by atoms with E-state index in [1.165, 1.54) is 0 Å². The van der Waals surface area contributed by atoms with Crippen molar-refractivity contribution in [3.05, 3.63) is 122 Å². The third-order valence-electron chi connectivity index (χ3n) is 7.52. The van der Waals surface area contributed by atoms with E-state index < -0.39 is 0 Å². The van der Waals surface area contributed by atoms with Crippen molar-refractivity contribution in [1.82, 2.24) is 29.9 Å². The first kappa shape index (κ1) is 27.3. The molecule has 0 radical (unpaired) electrons. The summed E-state index contributed by atoms with van der Waals surface area (Å²) in [5, 5.41) is 0. The molecule has 2 atom stereocenters. The minimum atomic E-state index is -0.163. The first-order valence-corrected chi connectivity index (χ1v) is 14.8. The summed E-state index contributed by atoms with van der Waals surface area (Å²) in [7, 11) is 0. The van der Waals surface area contributed by atoms with Crippen molar-refractivity contribution in [1.29, 1.82) is 0 Å². The highest BCUT2D eigenvalue weighted by Gasteiger charge is 2.30. The summed E-state index contributed by atoms with van der Waals surface area (Å²) in [5.41, 5.74) is 5.99. The number of ether oxygens (including phenoxy) is 2. The summed E-state index contributed by atoms with van der Waals surface area (Å²) >= 11 is 0. The molecular weight excluding hydrogens is 548 g/mol. The summed E-state index contributed by atoms with van der Waals surface area (Å²) in [6.07, 6.45) is 10.6. The van der Waals surface area contributed by atoms with Crippen molar-refractivity contribution >= 4 is 0 Å². The van der Waals surface area contributed by atoms with Crippen LogP contribution in [0, 0.1) is 0 Å². The molecule has 6 heterocycles. The minimum Gasteiger partial charge on any atom is -0.486 e. The number of rotatable bonds is 8. The molecule has 0 aromatic carbocycles. The van der Waals surface area contributed by atoms with Gasteiger partial charge in [-0.3, -0.25) is 19.9 Å². The highest BCUT2D eigenvalue weighted by molar-refractivity contribution is 5.66. The average Bonchev–Trinajstić information content (AvgIpc) is 3.10. The Hall–Kier alpha value is -5.50.